The van der Waals surface area contributed by atoms with E-state index in [2.05, 4.69) is 23.0 Å². The van der Waals surface area contributed by atoms with E-state index in [1.165, 1.54) is 5.56 Å². The first-order chi connectivity index (χ1) is 8.25. The zero-order chi connectivity index (χ0) is 12.1. The second-order valence-corrected chi connectivity index (χ2v) is 4.94. The Labute approximate surface area is 103 Å². The molecule has 92 valence electrons. The highest BCUT2D eigenvalue weighted by atomic mass is 16.1. The smallest absolute Gasteiger partial charge is 0.136 e. The van der Waals surface area contributed by atoms with Crippen molar-refractivity contribution in [3.63, 3.8) is 0 Å². The Morgan fingerprint density at radius 3 is 3.06 bits per heavy atom. The average Bonchev–Trinajstić information content (AvgIpc) is 2.74. The Bertz CT molecular complexity index is 364. The van der Waals surface area contributed by atoms with Crippen LogP contribution in [0.25, 0.3) is 0 Å². The number of carbonyl (C=O) groups is 1. The van der Waals surface area contributed by atoms with Crippen molar-refractivity contribution in [3.8, 4) is 0 Å². The van der Waals surface area contributed by atoms with E-state index in [0.717, 1.165) is 38.8 Å². The molecule has 1 aromatic heterocycles. The number of hydrogen-bond acceptors (Lipinski definition) is 3. The third-order valence-electron chi connectivity index (χ3n) is 3.47. The molecule has 2 rings (SSSR count). The van der Waals surface area contributed by atoms with Crippen molar-refractivity contribution in [1.82, 2.24) is 9.88 Å². The van der Waals surface area contributed by atoms with Crippen LogP contribution in [0.3, 0.4) is 0 Å². The second kappa shape index (κ2) is 5.92. The lowest BCUT2D eigenvalue weighted by Crippen LogP contribution is -2.22. The number of hydrogen-bond donors (Lipinski definition) is 0. The molecule has 0 bridgehead atoms. The number of aromatic nitrogens is 1. The van der Waals surface area contributed by atoms with Crippen molar-refractivity contribution in [2.75, 3.05) is 13.6 Å². The molecule has 0 spiro atoms. The molecular weight excluding hydrogens is 212 g/mol. The summed E-state index contributed by atoms with van der Waals surface area (Å²) in [6.07, 6.45) is 7.69. The van der Waals surface area contributed by atoms with E-state index < -0.39 is 0 Å². The Hall–Kier alpha value is -1.22. The maximum absolute atomic E-state index is 11.5. The van der Waals surface area contributed by atoms with Gasteiger partial charge in [0, 0.05) is 31.3 Å². The molecule has 1 aliphatic rings. The standard InChI is InChI=1S/C14H20N2O/c1-16(11-12-4-3-8-15-10-12)9-7-13-5-2-6-14(13)17/h3-4,8,10,13H,2,5-7,9,11H2,1H3. The first-order valence-electron chi connectivity index (χ1n) is 6.36. The number of pyridine rings is 1. The van der Waals surface area contributed by atoms with Gasteiger partial charge in [-0.25, -0.2) is 0 Å². The zero-order valence-electron chi connectivity index (χ0n) is 10.4. The normalized spacial score (nSPS) is 20.1. The molecule has 1 aromatic rings. The molecule has 17 heavy (non-hydrogen) atoms. The highest BCUT2D eigenvalue weighted by Crippen LogP contribution is 2.24. The lowest BCUT2D eigenvalue weighted by atomic mass is 10.0. The molecule has 1 saturated carbocycles. The monoisotopic (exact) mass is 232 g/mol. The Morgan fingerprint density at radius 1 is 1.53 bits per heavy atom. The third-order valence-corrected chi connectivity index (χ3v) is 3.47. The van der Waals surface area contributed by atoms with Crippen LogP contribution in [0.4, 0.5) is 0 Å². The summed E-state index contributed by atoms with van der Waals surface area (Å²) >= 11 is 0. The van der Waals surface area contributed by atoms with Crippen molar-refractivity contribution in [2.24, 2.45) is 5.92 Å². The molecule has 0 saturated heterocycles. The minimum Gasteiger partial charge on any atom is -0.302 e. The molecule has 0 N–H and O–H groups in total. The molecule has 3 heteroatoms. The second-order valence-electron chi connectivity index (χ2n) is 4.94. The number of ketones is 1. The van der Waals surface area contributed by atoms with Crippen molar-refractivity contribution in [3.05, 3.63) is 30.1 Å². The zero-order valence-corrected chi connectivity index (χ0v) is 10.4. The third kappa shape index (κ3) is 3.63. The Morgan fingerprint density at radius 2 is 2.41 bits per heavy atom. The Kier molecular flexibility index (Phi) is 4.26. The molecule has 0 aliphatic heterocycles. The van der Waals surface area contributed by atoms with Crippen LogP contribution in [0.2, 0.25) is 0 Å². The van der Waals surface area contributed by atoms with Crippen molar-refractivity contribution >= 4 is 5.78 Å². The van der Waals surface area contributed by atoms with Crippen LogP contribution in [0.15, 0.2) is 24.5 Å². The maximum atomic E-state index is 11.5. The highest BCUT2D eigenvalue weighted by molar-refractivity contribution is 5.82. The molecule has 1 aliphatic carbocycles. The fourth-order valence-electron chi connectivity index (χ4n) is 2.45. The summed E-state index contributed by atoms with van der Waals surface area (Å²) in [5.74, 6) is 0.797. The van der Waals surface area contributed by atoms with Gasteiger partial charge in [-0.1, -0.05) is 6.07 Å². The van der Waals surface area contributed by atoms with Gasteiger partial charge in [-0.15, -0.1) is 0 Å². The summed E-state index contributed by atoms with van der Waals surface area (Å²) < 4.78 is 0. The van der Waals surface area contributed by atoms with Gasteiger partial charge < -0.3 is 4.90 Å². The van der Waals surface area contributed by atoms with Crippen molar-refractivity contribution < 1.29 is 4.79 Å². The summed E-state index contributed by atoms with van der Waals surface area (Å²) in [7, 11) is 2.10. The van der Waals surface area contributed by atoms with E-state index in [-0.39, 0.29) is 0 Å². The van der Waals surface area contributed by atoms with Crippen LogP contribution >= 0.6 is 0 Å². The van der Waals surface area contributed by atoms with Gasteiger partial charge in [-0.05, 0) is 44.5 Å². The number of Topliss-reactive ketones (excluding diaryl/α,β-unsaturated/α-hetero) is 1. The largest absolute Gasteiger partial charge is 0.302 e. The molecular formula is C14H20N2O. The fraction of sp³-hybridized carbons (Fsp3) is 0.571. The van der Waals surface area contributed by atoms with E-state index in [9.17, 15) is 4.79 Å². The molecule has 1 heterocycles. The lowest BCUT2D eigenvalue weighted by molar-refractivity contribution is -0.120. The lowest BCUT2D eigenvalue weighted by Gasteiger charge is -2.18. The van der Waals surface area contributed by atoms with Gasteiger partial charge in [-0.2, -0.15) is 0 Å². The minimum absolute atomic E-state index is 0.325. The quantitative estimate of drug-likeness (QED) is 0.781. The molecule has 1 fully saturated rings. The highest BCUT2D eigenvalue weighted by Gasteiger charge is 2.23. The first-order valence-corrected chi connectivity index (χ1v) is 6.36. The molecule has 1 unspecified atom stereocenters. The predicted octanol–water partition coefficient (Wildman–Crippen LogP) is 2.27. The summed E-state index contributed by atoms with van der Waals surface area (Å²) in [6.45, 7) is 1.90. The van der Waals surface area contributed by atoms with Gasteiger partial charge in [0.05, 0.1) is 0 Å². The SMILES string of the molecule is CN(CCC1CCCC1=O)Cc1cccnc1. The predicted molar refractivity (Wildman–Crippen MR) is 67.5 cm³/mol. The summed E-state index contributed by atoms with van der Waals surface area (Å²) in [6, 6.07) is 4.05. The van der Waals surface area contributed by atoms with Crippen LogP contribution in [0.5, 0.6) is 0 Å². The van der Waals surface area contributed by atoms with Crippen molar-refractivity contribution in [1.29, 1.82) is 0 Å². The van der Waals surface area contributed by atoms with Gasteiger partial charge in [0.15, 0.2) is 0 Å². The van der Waals surface area contributed by atoms with Gasteiger partial charge in [0.2, 0.25) is 0 Å². The average molecular weight is 232 g/mol. The van der Waals surface area contributed by atoms with Gasteiger partial charge >= 0.3 is 0 Å². The van der Waals surface area contributed by atoms with Gasteiger partial charge in [0.1, 0.15) is 5.78 Å². The van der Waals surface area contributed by atoms with Crippen LogP contribution in [0, 0.1) is 5.92 Å². The summed E-state index contributed by atoms with van der Waals surface area (Å²) in [5.41, 5.74) is 1.23. The van der Waals surface area contributed by atoms with Gasteiger partial charge in [-0.3, -0.25) is 9.78 Å². The van der Waals surface area contributed by atoms with E-state index in [1.54, 1.807) is 6.20 Å². The number of rotatable bonds is 5. The van der Waals surface area contributed by atoms with Crippen LogP contribution in [-0.4, -0.2) is 29.3 Å². The topological polar surface area (TPSA) is 33.2 Å². The van der Waals surface area contributed by atoms with Gasteiger partial charge in [0.25, 0.3) is 0 Å². The summed E-state index contributed by atoms with van der Waals surface area (Å²) in [5, 5.41) is 0. The molecule has 3 nitrogen and oxygen atoms in total. The van der Waals surface area contributed by atoms with Crippen molar-refractivity contribution in [2.45, 2.75) is 32.2 Å². The minimum atomic E-state index is 0.325. The van der Waals surface area contributed by atoms with E-state index >= 15 is 0 Å². The molecule has 0 aromatic carbocycles. The van der Waals surface area contributed by atoms with E-state index in [1.807, 2.05) is 12.3 Å². The number of nitrogens with zero attached hydrogens (tertiary/aromatic N) is 2. The Balaban J connectivity index is 1.74. The molecule has 0 amide bonds. The van der Waals surface area contributed by atoms with Crippen LogP contribution in [0.1, 0.15) is 31.2 Å². The molecule has 1 atom stereocenters. The maximum Gasteiger partial charge on any atom is 0.136 e. The molecule has 0 radical (unpaired) electrons. The fourth-order valence-corrected chi connectivity index (χ4v) is 2.45. The van der Waals surface area contributed by atoms with E-state index in [4.69, 9.17) is 0 Å². The summed E-state index contributed by atoms with van der Waals surface area (Å²) in [4.78, 5) is 17.9. The first kappa shape index (κ1) is 12.2. The number of carbonyl (C=O) groups excluding carboxylic acids is 1. The van der Waals surface area contributed by atoms with Crippen LogP contribution in [-0.2, 0) is 11.3 Å². The van der Waals surface area contributed by atoms with E-state index in [0.29, 0.717) is 11.7 Å². The van der Waals surface area contributed by atoms with Crippen LogP contribution < -0.4 is 0 Å².